The molecule has 2 atom stereocenters. The number of unbranched alkanes of at least 4 members (excludes halogenated alkanes) is 54. The molecule has 0 aromatic carbocycles. The number of allylic oxidation sites excluding steroid dienone is 8. The van der Waals surface area contributed by atoms with E-state index in [0.29, 0.717) is 25.9 Å². The van der Waals surface area contributed by atoms with Crippen molar-refractivity contribution >= 4 is 11.9 Å². The van der Waals surface area contributed by atoms with E-state index < -0.39 is 12.1 Å². The minimum absolute atomic E-state index is 0.00585. The van der Waals surface area contributed by atoms with E-state index in [2.05, 4.69) is 67.8 Å². The molecule has 3 N–H and O–H groups in total. The summed E-state index contributed by atoms with van der Waals surface area (Å²) in [6.07, 6.45) is 99.2. The quantitative estimate of drug-likeness (QED) is 0.0320. The van der Waals surface area contributed by atoms with Crippen molar-refractivity contribution in [2.24, 2.45) is 0 Å². The molecule has 0 spiro atoms. The average molecular weight is 1210 g/mol. The molecule has 6 nitrogen and oxygen atoms in total. The van der Waals surface area contributed by atoms with E-state index in [-0.39, 0.29) is 18.5 Å². The van der Waals surface area contributed by atoms with Crippen LogP contribution < -0.4 is 5.32 Å². The lowest BCUT2D eigenvalue weighted by molar-refractivity contribution is -0.143. The average Bonchev–Trinajstić information content (AvgIpc) is 3.60. The van der Waals surface area contributed by atoms with E-state index in [1.165, 1.54) is 334 Å². The summed E-state index contributed by atoms with van der Waals surface area (Å²) in [6, 6.07) is -0.539. The number of esters is 1. The monoisotopic (exact) mass is 1210 g/mol. The Hall–Kier alpha value is -2.18. The Morgan fingerprint density at radius 1 is 0.326 bits per heavy atom. The molecule has 0 aromatic rings. The van der Waals surface area contributed by atoms with Crippen LogP contribution in [0.15, 0.2) is 48.6 Å². The molecule has 2 unspecified atom stereocenters. The summed E-state index contributed by atoms with van der Waals surface area (Å²) in [5.41, 5.74) is 0. The number of ether oxygens (including phenoxy) is 1. The van der Waals surface area contributed by atoms with Crippen molar-refractivity contribution in [2.75, 3.05) is 13.2 Å². The predicted octanol–water partition coefficient (Wildman–Crippen LogP) is 25.6. The van der Waals surface area contributed by atoms with Crippen LogP contribution in [0.4, 0.5) is 0 Å². The Morgan fingerprint density at radius 3 is 0.919 bits per heavy atom. The van der Waals surface area contributed by atoms with Gasteiger partial charge < -0.3 is 20.3 Å². The van der Waals surface area contributed by atoms with E-state index in [1.54, 1.807) is 0 Å². The van der Waals surface area contributed by atoms with Crippen LogP contribution in [0, 0.1) is 0 Å². The Kier molecular flexibility index (Phi) is 73.4. The molecule has 0 radical (unpaired) electrons. The smallest absolute Gasteiger partial charge is 0.305 e. The van der Waals surface area contributed by atoms with Crippen molar-refractivity contribution in [1.82, 2.24) is 5.32 Å². The molecule has 86 heavy (non-hydrogen) atoms. The van der Waals surface area contributed by atoms with Crippen molar-refractivity contribution in [3.05, 3.63) is 48.6 Å². The number of hydrogen-bond donors (Lipinski definition) is 3. The van der Waals surface area contributed by atoms with Gasteiger partial charge in [0, 0.05) is 12.8 Å². The summed E-state index contributed by atoms with van der Waals surface area (Å²) in [5.74, 6) is -0.0228. The summed E-state index contributed by atoms with van der Waals surface area (Å²) < 4.78 is 5.49. The largest absolute Gasteiger partial charge is 0.466 e. The number of carbonyl (C=O) groups excluding carboxylic acids is 2. The second-order valence-corrected chi connectivity index (χ2v) is 26.7. The lowest BCUT2D eigenvalue weighted by atomic mass is 10.0. The van der Waals surface area contributed by atoms with Crippen LogP contribution in [0.1, 0.15) is 425 Å². The first-order valence-corrected chi connectivity index (χ1v) is 38.9. The zero-order valence-electron chi connectivity index (χ0n) is 58.1. The molecule has 0 saturated carbocycles. The topological polar surface area (TPSA) is 95.9 Å². The molecule has 0 aliphatic carbocycles. The van der Waals surface area contributed by atoms with E-state index in [9.17, 15) is 19.8 Å². The molecule has 0 rings (SSSR count). The van der Waals surface area contributed by atoms with Crippen molar-refractivity contribution in [3.8, 4) is 0 Å². The van der Waals surface area contributed by atoms with Gasteiger partial charge in [0.2, 0.25) is 5.91 Å². The summed E-state index contributed by atoms with van der Waals surface area (Å²) >= 11 is 0. The zero-order valence-corrected chi connectivity index (χ0v) is 58.1. The maximum Gasteiger partial charge on any atom is 0.305 e. The van der Waals surface area contributed by atoms with Gasteiger partial charge in [-0.3, -0.25) is 9.59 Å². The number of nitrogens with one attached hydrogen (secondary N) is 1. The van der Waals surface area contributed by atoms with Gasteiger partial charge in [0.25, 0.3) is 0 Å². The molecule has 506 valence electrons. The Morgan fingerprint density at radius 2 is 0.593 bits per heavy atom. The second kappa shape index (κ2) is 75.3. The van der Waals surface area contributed by atoms with Gasteiger partial charge in [-0.05, 0) is 83.5 Å². The van der Waals surface area contributed by atoms with Crippen LogP contribution >= 0.6 is 0 Å². The van der Waals surface area contributed by atoms with Crippen LogP contribution in [0.25, 0.3) is 0 Å². The summed E-state index contributed by atoms with van der Waals surface area (Å²) in [7, 11) is 0. The molecular weight excluding hydrogens is 1050 g/mol. The number of hydrogen-bond acceptors (Lipinski definition) is 5. The number of amides is 1. The number of aliphatic hydroxyl groups excluding tert-OH is 2. The maximum absolute atomic E-state index is 12.5. The molecular formula is C80H151NO5. The number of carbonyl (C=O) groups is 2. The fourth-order valence-corrected chi connectivity index (χ4v) is 12.2. The zero-order chi connectivity index (χ0) is 62.0. The van der Waals surface area contributed by atoms with Gasteiger partial charge in [0.1, 0.15) is 0 Å². The van der Waals surface area contributed by atoms with E-state index in [1.807, 2.05) is 0 Å². The normalized spacial score (nSPS) is 12.7. The second-order valence-electron chi connectivity index (χ2n) is 26.7. The van der Waals surface area contributed by atoms with Crippen molar-refractivity contribution < 1.29 is 24.5 Å². The highest BCUT2D eigenvalue weighted by Crippen LogP contribution is 2.19. The van der Waals surface area contributed by atoms with Crippen LogP contribution in [0.2, 0.25) is 0 Å². The third kappa shape index (κ3) is 70.9. The summed E-state index contributed by atoms with van der Waals surface area (Å²) in [5, 5.41) is 23.4. The van der Waals surface area contributed by atoms with Gasteiger partial charge in [-0.2, -0.15) is 0 Å². The minimum atomic E-state index is -0.662. The fraction of sp³-hybridized carbons (Fsp3) is 0.875. The summed E-state index contributed by atoms with van der Waals surface area (Å²) in [6.45, 7) is 4.94. The highest BCUT2D eigenvalue weighted by atomic mass is 16.5. The van der Waals surface area contributed by atoms with Crippen LogP contribution in [0.5, 0.6) is 0 Å². The highest BCUT2D eigenvalue weighted by Gasteiger charge is 2.20. The third-order valence-electron chi connectivity index (χ3n) is 18.1. The highest BCUT2D eigenvalue weighted by molar-refractivity contribution is 5.76. The summed E-state index contributed by atoms with van der Waals surface area (Å²) in [4.78, 5) is 24.6. The first-order valence-electron chi connectivity index (χ1n) is 38.9. The lowest BCUT2D eigenvalue weighted by Crippen LogP contribution is -2.45. The first-order chi connectivity index (χ1) is 42.5. The van der Waals surface area contributed by atoms with Crippen molar-refractivity contribution in [2.45, 2.75) is 437 Å². The predicted molar refractivity (Wildman–Crippen MR) is 379 cm³/mol. The Balaban J connectivity index is 3.35. The van der Waals surface area contributed by atoms with E-state index in [0.717, 1.165) is 57.8 Å². The molecule has 0 aliphatic rings. The number of rotatable bonds is 73. The Bertz CT molecular complexity index is 1440. The molecule has 0 aliphatic heterocycles. The minimum Gasteiger partial charge on any atom is -0.466 e. The van der Waals surface area contributed by atoms with Crippen LogP contribution in [-0.4, -0.2) is 47.4 Å². The SMILES string of the molecule is CCCC/C=C\C/C=C\CCCCCCCC(=O)OCCCCCCCCCCCCCCCCC/C=C\C/C=C\CCCCCCCCCCCCCCCCCCCC(=O)NC(CO)C(O)CCCCCCCCCCCCCCCCCC. The van der Waals surface area contributed by atoms with Gasteiger partial charge in [0.15, 0.2) is 0 Å². The Labute approximate surface area is 537 Å². The van der Waals surface area contributed by atoms with Gasteiger partial charge in [-0.25, -0.2) is 0 Å². The first kappa shape index (κ1) is 83.8. The standard InChI is InChI=1S/C80H151NO5/c1-3-5-7-9-11-13-15-17-19-45-48-52-56-60-64-68-72-78(83)77(76-82)81-79(84)73-69-65-61-57-53-49-46-43-41-39-37-35-33-31-29-27-25-23-21-20-22-24-26-28-30-32-34-36-38-40-42-44-47-51-55-59-63-67-71-75-86-80(85)74-70-66-62-58-54-50-18-16-14-12-10-8-6-4-2/h10,12,16,18,20-21,24,26,77-78,82-83H,3-9,11,13-15,17,19,22-23,25,27-76H2,1-2H3,(H,81,84)/b12-10-,18-16-,21-20-,26-24-. The molecule has 6 heteroatoms. The molecule has 0 fully saturated rings. The van der Waals surface area contributed by atoms with Crippen molar-refractivity contribution in [3.63, 3.8) is 0 Å². The van der Waals surface area contributed by atoms with Gasteiger partial charge in [-0.15, -0.1) is 0 Å². The lowest BCUT2D eigenvalue weighted by Gasteiger charge is -2.22. The molecule has 0 heterocycles. The van der Waals surface area contributed by atoms with Gasteiger partial charge >= 0.3 is 5.97 Å². The van der Waals surface area contributed by atoms with Crippen LogP contribution in [0.3, 0.4) is 0 Å². The molecule has 0 aromatic heterocycles. The fourth-order valence-electron chi connectivity index (χ4n) is 12.2. The van der Waals surface area contributed by atoms with Crippen molar-refractivity contribution in [1.29, 1.82) is 0 Å². The van der Waals surface area contributed by atoms with Crippen LogP contribution in [-0.2, 0) is 14.3 Å². The maximum atomic E-state index is 12.5. The van der Waals surface area contributed by atoms with E-state index in [4.69, 9.17) is 4.74 Å². The third-order valence-corrected chi connectivity index (χ3v) is 18.1. The molecule has 0 saturated heterocycles. The van der Waals surface area contributed by atoms with Gasteiger partial charge in [-0.1, -0.05) is 377 Å². The molecule has 1 amide bonds. The molecule has 0 bridgehead atoms. The van der Waals surface area contributed by atoms with Gasteiger partial charge in [0.05, 0.1) is 25.4 Å². The van der Waals surface area contributed by atoms with E-state index >= 15 is 0 Å². The number of aliphatic hydroxyl groups is 2.